The molecule has 1 aromatic carbocycles. The number of methoxy groups -OCH3 is 2. The smallest absolute Gasteiger partial charge is 0.265 e. The van der Waals surface area contributed by atoms with Gasteiger partial charge in [-0.3, -0.25) is 4.79 Å². The summed E-state index contributed by atoms with van der Waals surface area (Å²) >= 11 is 7.03. The van der Waals surface area contributed by atoms with E-state index in [0.717, 1.165) is 5.56 Å². The SMILES string of the molecule is COc1ccc(CNCCOc2nc(Cl)c(F)c3nc(SC)[nH]c(=O)c23)c(OC)c1. The summed E-state index contributed by atoms with van der Waals surface area (Å²) in [5.41, 5.74) is 0.226. The van der Waals surface area contributed by atoms with Crippen molar-refractivity contribution in [2.45, 2.75) is 11.7 Å². The quantitative estimate of drug-likeness (QED) is 0.220. The Morgan fingerprint density at radius 1 is 1.27 bits per heavy atom. The van der Waals surface area contributed by atoms with Crippen molar-refractivity contribution in [1.29, 1.82) is 0 Å². The van der Waals surface area contributed by atoms with Gasteiger partial charge in [-0.05, 0) is 12.3 Å². The molecule has 30 heavy (non-hydrogen) atoms. The van der Waals surface area contributed by atoms with E-state index in [9.17, 15) is 9.18 Å². The molecule has 2 N–H and O–H groups in total. The third-order valence-electron chi connectivity index (χ3n) is 4.22. The average Bonchev–Trinajstić information content (AvgIpc) is 2.76. The molecule has 0 atom stereocenters. The summed E-state index contributed by atoms with van der Waals surface area (Å²) in [5.74, 6) is 0.475. The highest BCUT2D eigenvalue weighted by atomic mass is 35.5. The molecule has 2 heterocycles. The maximum atomic E-state index is 14.3. The number of hydrogen-bond acceptors (Lipinski definition) is 8. The van der Waals surface area contributed by atoms with E-state index in [2.05, 4.69) is 20.3 Å². The second kappa shape index (κ2) is 9.96. The summed E-state index contributed by atoms with van der Waals surface area (Å²) in [4.78, 5) is 22.9. The number of halogens is 2. The Hall–Kier alpha value is -2.56. The van der Waals surface area contributed by atoms with E-state index < -0.39 is 16.5 Å². The molecular formula is C19H20ClFN4O4S. The zero-order valence-corrected chi connectivity index (χ0v) is 18.1. The van der Waals surface area contributed by atoms with Crippen molar-refractivity contribution in [2.75, 3.05) is 33.6 Å². The zero-order chi connectivity index (χ0) is 21.7. The Bertz CT molecular complexity index is 1110. The van der Waals surface area contributed by atoms with Gasteiger partial charge in [0.15, 0.2) is 16.1 Å². The lowest BCUT2D eigenvalue weighted by Crippen LogP contribution is -2.22. The molecule has 3 rings (SSSR count). The third-order valence-corrected chi connectivity index (χ3v) is 5.05. The van der Waals surface area contributed by atoms with Crippen LogP contribution in [0.3, 0.4) is 0 Å². The Morgan fingerprint density at radius 2 is 2.07 bits per heavy atom. The predicted molar refractivity (Wildman–Crippen MR) is 114 cm³/mol. The molecule has 0 aliphatic carbocycles. The second-order valence-electron chi connectivity index (χ2n) is 6.02. The van der Waals surface area contributed by atoms with Crippen LogP contribution in [-0.4, -0.2) is 48.6 Å². The third kappa shape index (κ3) is 4.77. The molecule has 0 saturated carbocycles. The molecule has 0 aliphatic heterocycles. The minimum absolute atomic E-state index is 0.0679. The molecule has 0 saturated heterocycles. The average molecular weight is 455 g/mol. The fourth-order valence-corrected chi connectivity index (χ4v) is 3.29. The number of H-pyrrole nitrogens is 1. The van der Waals surface area contributed by atoms with Gasteiger partial charge in [0.25, 0.3) is 5.56 Å². The van der Waals surface area contributed by atoms with Crippen molar-refractivity contribution in [3.8, 4) is 17.4 Å². The van der Waals surface area contributed by atoms with Gasteiger partial charge in [0.05, 0.1) is 14.2 Å². The lowest BCUT2D eigenvalue weighted by molar-refractivity contribution is 0.304. The number of hydrogen-bond donors (Lipinski definition) is 2. The van der Waals surface area contributed by atoms with Gasteiger partial charge in [0.1, 0.15) is 29.0 Å². The summed E-state index contributed by atoms with van der Waals surface area (Å²) in [6.07, 6.45) is 1.71. The lowest BCUT2D eigenvalue weighted by atomic mass is 10.2. The molecule has 0 bridgehead atoms. The number of benzene rings is 1. The van der Waals surface area contributed by atoms with Crippen molar-refractivity contribution in [2.24, 2.45) is 0 Å². The maximum absolute atomic E-state index is 14.3. The van der Waals surface area contributed by atoms with Crippen LogP contribution < -0.4 is 25.1 Å². The molecule has 2 aromatic heterocycles. The maximum Gasteiger partial charge on any atom is 0.265 e. The molecule has 11 heteroatoms. The topological polar surface area (TPSA) is 98.4 Å². The summed E-state index contributed by atoms with van der Waals surface area (Å²) in [7, 11) is 3.18. The van der Waals surface area contributed by atoms with Crippen molar-refractivity contribution in [3.63, 3.8) is 0 Å². The van der Waals surface area contributed by atoms with Crippen molar-refractivity contribution in [1.82, 2.24) is 20.3 Å². The number of aromatic nitrogens is 3. The number of aromatic amines is 1. The van der Waals surface area contributed by atoms with Gasteiger partial charge in [0.2, 0.25) is 5.88 Å². The van der Waals surface area contributed by atoms with Crippen LogP contribution in [0.5, 0.6) is 17.4 Å². The predicted octanol–water partition coefficient (Wildman–Crippen LogP) is 3.02. The molecule has 3 aromatic rings. The first-order valence-electron chi connectivity index (χ1n) is 8.86. The molecular weight excluding hydrogens is 435 g/mol. The van der Waals surface area contributed by atoms with E-state index in [0.29, 0.717) is 24.6 Å². The number of ether oxygens (including phenoxy) is 3. The second-order valence-corrected chi connectivity index (χ2v) is 7.18. The monoisotopic (exact) mass is 454 g/mol. The normalized spacial score (nSPS) is 11.0. The van der Waals surface area contributed by atoms with Gasteiger partial charge in [0, 0.05) is 24.7 Å². The molecule has 0 radical (unpaired) electrons. The van der Waals surface area contributed by atoms with Crippen molar-refractivity contribution in [3.05, 3.63) is 45.1 Å². The van der Waals surface area contributed by atoms with Crippen LogP contribution in [0.1, 0.15) is 5.56 Å². The van der Waals surface area contributed by atoms with E-state index in [-0.39, 0.29) is 28.5 Å². The highest BCUT2D eigenvalue weighted by Crippen LogP contribution is 2.27. The molecule has 0 aliphatic rings. The molecule has 0 fully saturated rings. The van der Waals surface area contributed by atoms with Crippen LogP contribution >= 0.6 is 23.4 Å². The van der Waals surface area contributed by atoms with Gasteiger partial charge >= 0.3 is 0 Å². The van der Waals surface area contributed by atoms with Gasteiger partial charge in [-0.1, -0.05) is 29.4 Å². The number of rotatable bonds is 9. The van der Waals surface area contributed by atoms with Crippen LogP contribution in [0.25, 0.3) is 10.9 Å². The van der Waals surface area contributed by atoms with E-state index in [4.69, 9.17) is 25.8 Å². The van der Waals surface area contributed by atoms with Crippen LogP contribution in [0.4, 0.5) is 4.39 Å². The Morgan fingerprint density at radius 3 is 2.77 bits per heavy atom. The summed E-state index contributed by atoms with van der Waals surface area (Å²) in [6.45, 7) is 1.13. The standard InChI is InChI=1S/C19H20ClFN4O4S/c1-27-11-5-4-10(12(8-11)28-2)9-22-6-7-29-18-13-15(14(21)16(20)24-18)23-19(30-3)25-17(13)26/h4-5,8,22H,6-7,9H2,1-3H3,(H,23,25,26). The van der Waals surface area contributed by atoms with E-state index in [1.54, 1.807) is 26.5 Å². The molecule has 0 spiro atoms. The molecule has 0 unspecified atom stereocenters. The summed E-state index contributed by atoms with van der Waals surface area (Å²) in [6, 6.07) is 5.54. The number of pyridine rings is 1. The van der Waals surface area contributed by atoms with Crippen LogP contribution in [-0.2, 0) is 6.54 Å². The summed E-state index contributed by atoms with van der Waals surface area (Å²) < 4.78 is 30.5. The Kier molecular flexibility index (Phi) is 7.35. The Labute approximate surface area is 181 Å². The molecule has 0 amide bonds. The number of thioether (sulfide) groups is 1. The summed E-state index contributed by atoms with van der Waals surface area (Å²) in [5, 5.41) is 3.00. The van der Waals surface area contributed by atoms with Gasteiger partial charge in [-0.25, -0.2) is 9.37 Å². The first kappa shape index (κ1) is 22.1. The van der Waals surface area contributed by atoms with Gasteiger partial charge in [-0.2, -0.15) is 4.98 Å². The minimum Gasteiger partial charge on any atom is -0.497 e. The minimum atomic E-state index is -0.856. The zero-order valence-electron chi connectivity index (χ0n) is 16.5. The van der Waals surface area contributed by atoms with Gasteiger partial charge in [-0.15, -0.1) is 0 Å². The van der Waals surface area contributed by atoms with Crippen LogP contribution in [0.15, 0.2) is 28.2 Å². The Balaban J connectivity index is 1.68. The van der Waals surface area contributed by atoms with Crippen LogP contribution in [0.2, 0.25) is 5.15 Å². The van der Waals surface area contributed by atoms with Crippen LogP contribution in [0, 0.1) is 5.82 Å². The fraction of sp³-hybridized carbons (Fsp3) is 0.316. The van der Waals surface area contributed by atoms with Crippen molar-refractivity contribution >= 4 is 34.3 Å². The molecule has 8 nitrogen and oxygen atoms in total. The lowest BCUT2D eigenvalue weighted by Gasteiger charge is -2.12. The van der Waals surface area contributed by atoms with E-state index in [1.807, 2.05) is 12.1 Å². The highest BCUT2D eigenvalue weighted by Gasteiger charge is 2.19. The fourth-order valence-electron chi connectivity index (χ4n) is 2.74. The largest absolute Gasteiger partial charge is 0.497 e. The van der Waals surface area contributed by atoms with E-state index >= 15 is 0 Å². The number of nitrogens with one attached hydrogen (secondary N) is 2. The first-order valence-corrected chi connectivity index (χ1v) is 10.5. The van der Waals surface area contributed by atoms with E-state index in [1.165, 1.54) is 11.8 Å². The number of fused-ring (bicyclic) bond motifs is 1. The van der Waals surface area contributed by atoms with Crippen molar-refractivity contribution < 1.29 is 18.6 Å². The molecule has 160 valence electrons. The highest BCUT2D eigenvalue weighted by molar-refractivity contribution is 7.98. The first-order chi connectivity index (χ1) is 14.5. The number of nitrogens with zero attached hydrogens (tertiary/aromatic N) is 2. The van der Waals surface area contributed by atoms with Gasteiger partial charge < -0.3 is 24.5 Å².